The van der Waals surface area contributed by atoms with E-state index in [0.29, 0.717) is 12.1 Å². The third kappa shape index (κ3) is 3.34. The number of hydrogen-bond acceptors (Lipinski definition) is 3. The Labute approximate surface area is 141 Å². The second-order valence-corrected chi connectivity index (χ2v) is 5.92. The molecule has 0 spiro atoms. The fourth-order valence-corrected chi connectivity index (χ4v) is 2.99. The van der Waals surface area contributed by atoms with Crippen molar-refractivity contribution in [3.05, 3.63) is 76.6 Å². The largest absolute Gasteiger partial charge is 0.394 e. The predicted molar refractivity (Wildman–Crippen MR) is 98.4 cm³/mol. The number of fused-ring (bicyclic) bond motifs is 1. The van der Waals surface area contributed by atoms with Gasteiger partial charge >= 0.3 is 0 Å². The minimum absolute atomic E-state index is 0.0294. The van der Waals surface area contributed by atoms with Crippen molar-refractivity contribution in [2.75, 3.05) is 11.5 Å². The van der Waals surface area contributed by atoms with E-state index in [-0.39, 0.29) is 18.2 Å². The van der Waals surface area contributed by atoms with Gasteiger partial charge in [-0.25, -0.2) is 0 Å². The third-order valence-corrected chi connectivity index (χ3v) is 4.38. The normalized spacial score (nSPS) is 12.2. The van der Waals surface area contributed by atoms with E-state index < -0.39 is 0 Å². The van der Waals surface area contributed by atoms with Crippen molar-refractivity contribution in [1.29, 1.82) is 0 Å². The van der Waals surface area contributed by atoms with Crippen molar-refractivity contribution in [3.8, 4) is 0 Å². The van der Waals surface area contributed by atoms with Gasteiger partial charge in [-0.05, 0) is 36.1 Å². The number of anilines is 1. The fourth-order valence-electron chi connectivity index (χ4n) is 2.99. The fraction of sp³-hybridized carbons (Fsp3) is 0.250. The summed E-state index contributed by atoms with van der Waals surface area (Å²) in [4.78, 5) is 17.5. The molecule has 0 amide bonds. The van der Waals surface area contributed by atoms with Gasteiger partial charge in [-0.1, -0.05) is 43.3 Å². The maximum absolute atomic E-state index is 12.5. The second-order valence-electron chi connectivity index (χ2n) is 5.92. The van der Waals surface area contributed by atoms with Crippen molar-refractivity contribution in [3.63, 3.8) is 0 Å². The summed E-state index contributed by atoms with van der Waals surface area (Å²) in [6.45, 7) is 2.56. The van der Waals surface area contributed by atoms with E-state index in [9.17, 15) is 9.90 Å². The molecule has 124 valence electrons. The van der Waals surface area contributed by atoms with Crippen LogP contribution in [-0.2, 0) is 6.54 Å². The number of aromatic nitrogens is 1. The average Bonchev–Trinajstić information content (AvgIpc) is 2.63. The topological polar surface area (TPSA) is 56.3 Å². The maximum Gasteiger partial charge on any atom is 0.253 e. The number of nitrogens with one attached hydrogen (secondary N) is 1. The van der Waals surface area contributed by atoms with E-state index in [0.717, 1.165) is 23.0 Å². The van der Waals surface area contributed by atoms with Crippen LogP contribution in [0.15, 0.2) is 65.5 Å². The zero-order chi connectivity index (χ0) is 16.9. The molecule has 0 aliphatic heterocycles. The first-order valence-electron chi connectivity index (χ1n) is 8.26. The van der Waals surface area contributed by atoms with Gasteiger partial charge in [0.25, 0.3) is 5.56 Å². The number of aliphatic hydroxyl groups excluding tert-OH is 1. The number of H-pyrrole nitrogens is 1. The first-order valence-corrected chi connectivity index (χ1v) is 8.26. The molecule has 24 heavy (non-hydrogen) atoms. The molecule has 0 aliphatic rings. The summed E-state index contributed by atoms with van der Waals surface area (Å²) < 4.78 is 0. The second kappa shape index (κ2) is 7.32. The molecule has 0 saturated heterocycles. The standard InChI is InChI=1S/C20H22N2O2/c1-2-17(14-23)22(18-9-4-3-5-10-18)13-16-12-15-8-6-7-11-19(15)21-20(16)24/h3-12,17,23H,2,13-14H2,1H3,(H,21,24). The first-order chi connectivity index (χ1) is 11.7. The molecule has 4 nitrogen and oxygen atoms in total. The van der Waals surface area contributed by atoms with Crippen LogP contribution < -0.4 is 10.5 Å². The van der Waals surface area contributed by atoms with Crippen LogP contribution in [0, 0.1) is 0 Å². The van der Waals surface area contributed by atoms with Crippen molar-refractivity contribution in [2.45, 2.75) is 25.9 Å². The molecule has 0 saturated carbocycles. The zero-order valence-electron chi connectivity index (χ0n) is 13.8. The molecule has 0 fully saturated rings. The number of rotatable bonds is 6. The Bertz CT molecular complexity index is 854. The molecule has 1 aromatic heterocycles. The molecule has 2 N–H and O–H groups in total. The van der Waals surface area contributed by atoms with Crippen molar-refractivity contribution < 1.29 is 5.11 Å². The van der Waals surface area contributed by atoms with Crippen molar-refractivity contribution >= 4 is 16.6 Å². The molecular weight excluding hydrogens is 300 g/mol. The van der Waals surface area contributed by atoms with Gasteiger partial charge in [0.05, 0.1) is 12.6 Å². The summed E-state index contributed by atoms with van der Waals surface area (Å²) in [6, 6.07) is 19.6. The summed E-state index contributed by atoms with van der Waals surface area (Å²) in [6.07, 6.45) is 0.802. The summed E-state index contributed by atoms with van der Waals surface area (Å²) >= 11 is 0. The highest BCUT2D eigenvalue weighted by Gasteiger charge is 2.18. The smallest absolute Gasteiger partial charge is 0.253 e. The van der Waals surface area contributed by atoms with Crippen LogP contribution in [0.1, 0.15) is 18.9 Å². The van der Waals surface area contributed by atoms with E-state index in [1.807, 2.05) is 67.6 Å². The summed E-state index contributed by atoms with van der Waals surface area (Å²) in [5, 5.41) is 10.8. The molecule has 0 bridgehead atoms. The molecule has 1 unspecified atom stereocenters. The molecule has 4 heteroatoms. The van der Waals surface area contributed by atoms with Crippen LogP contribution in [0.2, 0.25) is 0 Å². The quantitative estimate of drug-likeness (QED) is 0.732. The lowest BCUT2D eigenvalue weighted by atomic mass is 10.1. The number of nitrogens with zero attached hydrogens (tertiary/aromatic N) is 1. The first kappa shape index (κ1) is 16.3. The molecule has 3 rings (SSSR count). The van der Waals surface area contributed by atoms with Crippen LogP contribution >= 0.6 is 0 Å². The highest BCUT2D eigenvalue weighted by atomic mass is 16.3. The Kier molecular flexibility index (Phi) is 4.96. The van der Waals surface area contributed by atoms with Gasteiger partial charge in [-0.15, -0.1) is 0 Å². The van der Waals surface area contributed by atoms with Crippen molar-refractivity contribution in [2.24, 2.45) is 0 Å². The number of aliphatic hydroxyl groups is 1. The minimum atomic E-state index is -0.0811. The van der Waals surface area contributed by atoms with Gasteiger partial charge in [0, 0.05) is 23.3 Å². The Balaban J connectivity index is 2.01. The molecule has 0 aliphatic carbocycles. The molecule has 1 heterocycles. The molecular formula is C20H22N2O2. The van der Waals surface area contributed by atoms with Crippen LogP contribution in [0.3, 0.4) is 0 Å². The van der Waals surface area contributed by atoms with Gasteiger partial charge in [0.15, 0.2) is 0 Å². The Morgan fingerprint density at radius 3 is 2.50 bits per heavy atom. The molecule has 3 aromatic rings. The lowest BCUT2D eigenvalue weighted by molar-refractivity contribution is 0.255. The van der Waals surface area contributed by atoms with Gasteiger partial charge in [-0.2, -0.15) is 0 Å². The average molecular weight is 322 g/mol. The molecule has 2 aromatic carbocycles. The molecule has 0 radical (unpaired) electrons. The van der Waals surface area contributed by atoms with E-state index in [1.54, 1.807) is 0 Å². The highest BCUT2D eigenvalue weighted by Crippen LogP contribution is 2.21. The minimum Gasteiger partial charge on any atom is -0.394 e. The van der Waals surface area contributed by atoms with Gasteiger partial charge in [0.2, 0.25) is 0 Å². The number of hydrogen-bond donors (Lipinski definition) is 2. The van der Waals surface area contributed by atoms with E-state index >= 15 is 0 Å². The number of pyridine rings is 1. The van der Waals surface area contributed by atoms with Crippen LogP contribution in [-0.4, -0.2) is 22.7 Å². The maximum atomic E-state index is 12.5. The van der Waals surface area contributed by atoms with Crippen LogP contribution in [0.25, 0.3) is 10.9 Å². The Morgan fingerprint density at radius 1 is 1.08 bits per heavy atom. The van der Waals surface area contributed by atoms with Gasteiger partial charge in [0.1, 0.15) is 0 Å². The van der Waals surface area contributed by atoms with Gasteiger partial charge in [-0.3, -0.25) is 4.79 Å². The predicted octanol–water partition coefficient (Wildman–Crippen LogP) is 3.31. The Hall–Kier alpha value is -2.59. The summed E-state index contributed by atoms with van der Waals surface area (Å²) in [7, 11) is 0. The lowest BCUT2D eigenvalue weighted by Crippen LogP contribution is -2.38. The summed E-state index contributed by atoms with van der Waals surface area (Å²) in [5.74, 6) is 0. The zero-order valence-corrected chi connectivity index (χ0v) is 13.8. The van der Waals surface area contributed by atoms with E-state index in [2.05, 4.69) is 9.88 Å². The number of aromatic amines is 1. The van der Waals surface area contributed by atoms with Crippen LogP contribution in [0.5, 0.6) is 0 Å². The summed E-state index contributed by atoms with van der Waals surface area (Å²) in [5.41, 5.74) is 2.46. The highest BCUT2D eigenvalue weighted by molar-refractivity contribution is 5.78. The van der Waals surface area contributed by atoms with Crippen LogP contribution in [0.4, 0.5) is 5.69 Å². The van der Waals surface area contributed by atoms with E-state index in [4.69, 9.17) is 0 Å². The van der Waals surface area contributed by atoms with E-state index in [1.165, 1.54) is 0 Å². The number of benzene rings is 2. The SMILES string of the molecule is CCC(CO)N(Cc1cc2ccccc2[nH]c1=O)c1ccccc1. The number of para-hydroxylation sites is 2. The lowest BCUT2D eigenvalue weighted by Gasteiger charge is -2.32. The Morgan fingerprint density at radius 2 is 1.79 bits per heavy atom. The van der Waals surface area contributed by atoms with Gasteiger partial charge < -0.3 is 15.0 Å². The monoisotopic (exact) mass is 322 g/mol. The third-order valence-electron chi connectivity index (χ3n) is 4.38. The van der Waals surface area contributed by atoms with Crippen molar-refractivity contribution in [1.82, 2.24) is 4.98 Å². The molecule has 1 atom stereocenters.